The lowest BCUT2D eigenvalue weighted by Gasteiger charge is -2.17. The molecule has 0 saturated carbocycles. The first kappa shape index (κ1) is 20.2. The molecule has 0 atom stereocenters. The van der Waals surface area contributed by atoms with Crippen LogP contribution in [0.4, 0.5) is 4.79 Å². The summed E-state index contributed by atoms with van der Waals surface area (Å²) in [4.78, 5) is 36.6. The Balaban J connectivity index is 2.17. The van der Waals surface area contributed by atoms with E-state index in [1.54, 1.807) is 11.9 Å². The number of imide groups is 1. The Kier molecular flexibility index (Phi) is 9.07. The SMILES string of the molecule is CC(C)NC(=O)CN(C)CC(=O)NC(=O)NCCC1=CCCCC1. The molecule has 0 heterocycles. The largest absolute Gasteiger partial charge is 0.353 e. The Hall–Kier alpha value is -1.89. The topological polar surface area (TPSA) is 90.5 Å². The summed E-state index contributed by atoms with van der Waals surface area (Å²) in [6, 6.07) is -0.429. The van der Waals surface area contributed by atoms with Gasteiger partial charge in [0.25, 0.3) is 0 Å². The molecule has 1 rings (SSSR count). The van der Waals surface area contributed by atoms with Crippen LogP contribution in [0.5, 0.6) is 0 Å². The number of urea groups is 1. The van der Waals surface area contributed by atoms with E-state index in [2.05, 4.69) is 22.0 Å². The molecule has 1 aliphatic rings. The number of rotatable bonds is 8. The highest BCUT2D eigenvalue weighted by Crippen LogP contribution is 2.19. The van der Waals surface area contributed by atoms with Crippen molar-refractivity contribution in [2.45, 2.75) is 52.0 Å². The summed E-state index contributed by atoms with van der Waals surface area (Å²) in [5, 5.41) is 7.72. The fourth-order valence-corrected chi connectivity index (χ4v) is 2.59. The van der Waals surface area contributed by atoms with Crippen molar-refractivity contribution < 1.29 is 14.4 Å². The lowest BCUT2D eigenvalue weighted by atomic mass is 9.97. The number of carbonyl (C=O) groups is 3. The van der Waals surface area contributed by atoms with Crippen molar-refractivity contribution in [3.05, 3.63) is 11.6 Å². The van der Waals surface area contributed by atoms with Crippen LogP contribution in [0, 0.1) is 0 Å². The van der Waals surface area contributed by atoms with Crippen LogP contribution in [0.3, 0.4) is 0 Å². The van der Waals surface area contributed by atoms with E-state index in [-0.39, 0.29) is 25.0 Å². The van der Waals surface area contributed by atoms with Gasteiger partial charge in [-0.15, -0.1) is 0 Å². The average molecular weight is 338 g/mol. The number of nitrogens with zero attached hydrogens (tertiary/aromatic N) is 1. The number of amides is 4. The lowest BCUT2D eigenvalue weighted by molar-refractivity contribution is -0.124. The van der Waals surface area contributed by atoms with E-state index < -0.39 is 11.9 Å². The summed E-state index contributed by atoms with van der Waals surface area (Å²) in [5.74, 6) is -0.574. The Bertz CT molecular complexity index is 474. The van der Waals surface area contributed by atoms with Crippen LogP contribution in [0.1, 0.15) is 46.0 Å². The van der Waals surface area contributed by atoms with Gasteiger partial charge in [0.15, 0.2) is 0 Å². The van der Waals surface area contributed by atoms with Gasteiger partial charge in [0.1, 0.15) is 0 Å². The maximum absolute atomic E-state index is 11.8. The van der Waals surface area contributed by atoms with Crippen LogP contribution in [-0.4, -0.2) is 55.5 Å². The molecule has 0 aromatic rings. The van der Waals surface area contributed by atoms with Crippen LogP contribution in [0.15, 0.2) is 11.6 Å². The number of likely N-dealkylation sites (N-methyl/N-ethyl adjacent to an activating group) is 1. The molecule has 4 amide bonds. The summed E-state index contributed by atoms with van der Waals surface area (Å²) in [7, 11) is 1.66. The van der Waals surface area contributed by atoms with Crippen molar-refractivity contribution in [3.8, 4) is 0 Å². The molecule has 1 aliphatic carbocycles. The van der Waals surface area contributed by atoms with Crippen LogP contribution in [-0.2, 0) is 9.59 Å². The molecular formula is C17H30N4O3. The third-order valence-corrected chi connectivity index (χ3v) is 3.65. The Morgan fingerprint density at radius 1 is 1.17 bits per heavy atom. The molecule has 0 aromatic heterocycles. The summed E-state index contributed by atoms with van der Waals surface area (Å²) in [6.07, 6.45) is 7.76. The first-order valence-corrected chi connectivity index (χ1v) is 8.60. The molecule has 0 aliphatic heterocycles. The highest BCUT2D eigenvalue weighted by Gasteiger charge is 2.13. The van der Waals surface area contributed by atoms with Gasteiger partial charge in [-0.2, -0.15) is 0 Å². The van der Waals surface area contributed by atoms with Gasteiger partial charge in [0.2, 0.25) is 11.8 Å². The van der Waals surface area contributed by atoms with Crippen LogP contribution < -0.4 is 16.0 Å². The van der Waals surface area contributed by atoms with E-state index in [1.807, 2.05) is 13.8 Å². The summed E-state index contributed by atoms with van der Waals surface area (Å²) in [5.41, 5.74) is 1.38. The first-order chi connectivity index (χ1) is 11.4. The van der Waals surface area contributed by atoms with E-state index >= 15 is 0 Å². The second kappa shape index (κ2) is 10.8. The molecule has 136 valence electrons. The number of carbonyl (C=O) groups excluding carboxylic acids is 3. The monoisotopic (exact) mass is 338 g/mol. The zero-order valence-corrected chi connectivity index (χ0v) is 15.0. The third-order valence-electron chi connectivity index (χ3n) is 3.65. The standard InChI is InChI=1S/C17H30N4O3/c1-13(2)19-15(22)11-21(3)12-16(23)20-17(24)18-10-9-14-7-5-4-6-8-14/h7,13H,4-6,8-12H2,1-3H3,(H,19,22)(H2,18,20,23,24). The Morgan fingerprint density at radius 3 is 2.50 bits per heavy atom. The minimum absolute atomic E-state index is 0.00983. The van der Waals surface area contributed by atoms with Gasteiger partial charge in [0, 0.05) is 12.6 Å². The maximum atomic E-state index is 11.8. The van der Waals surface area contributed by atoms with Crippen molar-refractivity contribution in [2.24, 2.45) is 0 Å². The van der Waals surface area contributed by atoms with E-state index in [4.69, 9.17) is 0 Å². The average Bonchev–Trinajstić information content (AvgIpc) is 2.46. The van der Waals surface area contributed by atoms with Gasteiger partial charge in [0.05, 0.1) is 13.1 Å². The highest BCUT2D eigenvalue weighted by molar-refractivity contribution is 5.95. The van der Waals surface area contributed by atoms with Crippen molar-refractivity contribution >= 4 is 17.8 Å². The molecule has 0 aromatic carbocycles. The van der Waals surface area contributed by atoms with E-state index in [0.29, 0.717) is 6.54 Å². The zero-order valence-electron chi connectivity index (χ0n) is 15.0. The summed E-state index contributed by atoms with van der Waals surface area (Å²) in [6.45, 7) is 4.37. The minimum Gasteiger partial charge on any atom is -0.353 e. The van der Waals surface area contributed by atoms with E-state index in [0.717, 1.165) is 19.3 Å². The molecular weight excluding hydrogens is 308 g/mol. The zero-order chi connectivity index (χ0) is 17.9. The van der Waals surface area contributed by atoms with Gasteiger partial charge < -0.3 is 10.6 Å². The molecule has 0 radical (unpaired) electrons. The molecule has 0 fully saturated rings. The molecule has 24 heavy (non-hydrogen) atoms. The number of hydrogen-bond acceptors (Lipinski definition) is 4. The van der Waals surface area contributed by atoms with Gasteiger partial charge >= 0.3 is 6.03 Å². The quantitative estimate of drug-likeness (QED) is 0.579. The molecule has 0 unspecified atom stereocenters. The summed E-state index contributed by atoms with van der Waals surface area (Å²) < 4.78 is 0. The normalized spacial score (nSPS) is 14.3. The van der Waals surface area contributed by atoms with Crippen LogP contribution in [0.2, 0.25) is 0 Å². The molecule has 7 nitrogen and oxygen atoms in total. The smallest absolute Gasteiger partial charge is 0.321 e. The van der Waals surface area contributed by atoms with Crippen molar-refractivity contribution in [2.75, 3.05) is 26.7 Å². The molecule has 0 saturated heterocycles. The van der Waals surface area contributed by atoms with Crippen LogP contribution in [0.25, 0.3) is 0 Å². The number of nitrogens with one attached hydrogen (secondary N) is 3. The predicted octanol–water partition coefficient (Wildman–Crippen LogP) is 1.16. The first-order valence-electron chi connectivity index (χ1n) is 8.60. The predicted molar refractivity (Wildman–Crippen MR) is 93.5 cm³/mol. The summed E-state index contributed by atoms with van der Waals surface area (Å²) >= 11 is 0. The number of hydrogen-bond donors (Lipinski definition) is 3. The lowest BCUT2D eigenvalue weighted by Crippen LogP contribution is -2.46. The molecule has 0 bridgehead atoms. The minimum atomic E-state index is -0.489. The molecule has 0 spiro atoms. The van der Waals surface area contributed by atoms with Gasteiger partial charge in [-0.05, 0) is 53.0 Å². The Labute approximate surface area is 144 Å². The van der Waals surface area contributed by atoms with Crippen molar-refractivity contribution in [1.82, 2.24) is 20.9 Å². The maximum Gasteiger partial charge on any atom is 0.321 e. The van der Waals surface area contributed by atoms with E-state index in [1.165, 1.54) is 18.4 Å². The molecule has 3 N–H and O–H groups in total. The number of allylic oxidation sites excluding steroid dienone is 1. The second-order valence-corrected chi connectivity index (χ2v) is 6.56. The van der Waals surface area contributed by atoms with E-state index in [9.17, 15) is 14.4 Å². The Morgan fingerprint density at radius 2 is 1.88 bits per heavy atom. The molecule has 7 heteroatoms. The van der Waals surface area contributed by atoms with Crippen LogP contribution >= 0.6 is 0 Å². The van der Waals surface area contributed by atoms with Gasteiger partial charge in [-0.3, -0.25) is 19.8 Å². The highest BCUT2D eigenvalue weighted by atomic mass is 16.2. The van der Waals surface area contributed by atoms with Gasteiger partial charge in [-0.25, -0.2) is 4.79 Å². The van der Waals surface area contributed by atoms with Crippen molar-refractivity contribution in [1.29, 1.82) is 0 Å². The fraction of sp³-hybridized carbons (Fsp3) is 0.706. The third kappa shape index (κ3) is 9.29. The fourth-order valence-electron chi connectivity index (χ4n) is 2.59. The second-order valence-electron chi connectivity index (χ2n) is 6.56. The van der Waals surface area contributed by atoms with Gasteiger partial charge in [-0.1, -0.05) is 11.6 Å². The van der Waals surface area contributed by atoms with Crippen molar-refractivity contribution in [3.63, 3.8) is 0 Å².